The average Bonchev–Trinajstić information content (AvgIpc) is 2.76. The van der Waals surface area contributed by atoms with Gasteiger partial charge in [0.25, 0.3) is 0 Å². The van der Waals surface area contributed by atoms with Gasteiger partial charge >= 0.3 is 0 Å². The minimum atomic E-state index is -0.185. The first-order valence-electron chi connectivity index (χ1n) is 6.02. The molecular formula is C13H18N2O3. The van der Waals surface area contributed by atoms with Crippen LogP contribution in [0.5, 0.6) is 11.5 Å². The van der Waals surface area contributed by atoms with Crippen molar-refractivity contribution in [3.8, 4) is 11.5 Å². The van der Waals surface area contributed by atoms with Crippen molar-refractivity contribution in [2.24, 2.45) is 17.6 Å². The second-order valence-electron chi connectivity index (χ2n) is 4.64. The molecule has 18 heavy (non-hydrogen) atoms. The highest BCUT2D eigenvalue weighted by Crippen LogP contribution is 2.34. The predicted molar refractivity (Wildman–Crippen MR) is 68.6 cm³/mol. The highest BCUT2D eigenvalue weighted by Gasteiger charge is 2.21. The van der Waals surface area contributed by atoms with Crippen LogP contribution in [0.15, 0.2) is 18.2 Å². The van der Waals surface area contributed by atoms with E-state index in [9.17, 15) is 4.79 Å². The number of nitrogens with one attached hydrogen (secondary N) is 1. The van der Waals surface area contributed by atoms with Crippen LogP contribution in [0.2, 0.25) is 0 Å². The second kappa shape index (κ2) is 5.27. The van der Waals surface area contributed by atoms with Gasteiger partial charge in [0, 0.05) is 18.3 Å². The van der Waals surface area contributed by atoms with Gasteiger partial charge in [0.05, 0.1) is 5.92 Å². The molecule has 0 aliphatic carbocycles. The molecular weight excluding hydrogens is 232 g/mol. The van der Waals surface area contributed by atoms with E-state index in [1.807, 2.05) is 13.8 Å². The molecule has 1 atom stereocenters. The third-order valence-corrected chi connectivity index (χ3v) is 3.04. The van der Waals surface area contributed by atoms with E-state index in [0.29, 0.717) is 23.7 Å². The third-order valence-electron chi connectivity index (χ3n) is 3.04. The molecule has 1 unspecified atom stereocenters. The summed E-state index contributed by atoms with van der Waals surface area (Å²) in [5.41, 5.74) is 6.31. The molecule has 0 aromatic heterocycles. The Bertz CT molecular complexity index is 446. The van der Waals surface area contributed by atoms with Gasteiger partial charge in [-0.2, -0.15) is 0 Å². The molecule has 5 nitrogen and oxygen atoms in total. The first-order chi connectivity index (χ1) is 8.61. The number of nitrogens with two attached hydrogens (primary N) is 1. The lowest BCUT2D eigenvalue weighted by atomic mass is 9.95. The van der Waals surface area contributed by atoms with Gasteiger partial charge in [-0.1, -0.05) is 13.8 Å². The summed E-state index contributed by atoms with van der Waals surface area (Å²) >= 11 is 0. The first kappa shape index (κ1) is 12.7. The van der Waals surface area contributed by atoms with Gasteiger partial charge in [-0.15, -0.1) is 0 Å². The van der Waals surface area contributed by atoms with E-state index in [-0.39, 0.29) is 24.5 Å². The normalized spacial score (nSPS) is 14.7. The number of hydrogen-bond donors (Lipinski definition) is 2. The topological polar surface area (TPSA) is 73.6 Å². The van der Waals surface area contributed by atoms with Gasteiger partial charge in [-0.25, -0.2) is 0 Å². The number of amides is 1. The van der Waals surface area contributed by atoms with Crippen LogP contribution in [0.4, 0.5) is 5.69 Å². The molecule has 1 aliphatic rings. The van der Waals surface area contributed by atoms with Gasteiger partial charge in [0.2, 0.25) is 12.7 Å². The number of benzene rings is 1. The number of ether oxygens (including phenoxy) is 2. The van der Waals surface area contributed by atoms with Gasteiger partial charge in [0.15, 0.2) is 11.5 Å². The predicted octanol–water partition coefficient (Wildman–Crippen LogP) is 1.58. The van der Waals surface area contributed by atoms with Gasteiger partial charge in [0.1, 0.15) is 0 Å². The Morgan fingerprint density at radius 3 is 2.78 bits per heavy atom. The molecule has 1 aromatic carbocycles. The van der Waals surface area contributed by atoms with Gasteiger partial charge in [-0.3, -0.25) is 4.79 Å². The summed E-state index contributed by atoms with van der Waals surface area (Å²) in [6.07, 6.45) is 0. The zero-order valence-corrected chi connectivity index (χ0v) is 10.6. The van der Waals surface area contributed by atoms with E-state index in [2.05, 4.69) is 5.32 Å². The molecule has 98 valence electrons. The Morgan fingerprint density at radius 1 is 1.39 bits per heavy atom. The lowest BCUT2D eigenvalue weighted by Crippen LogP contribution is -2.33. The Balaban J connectivity index is 2.07. The number of carbonyl (C=O) groups is 1. The number of anilines is 1. The van der Waals surface area contributed by atoms with Crippen molar-refractivity contribution in [3.63, 3.8) is 0 Å². The summed E-state index contributed by atoms with van der Waals surface area (Å²) in [5, 5.41) is 2.85. The molecule has 0 spiro atoms. The van der Waals surface area contributed by atoms with E-state index in [0.717, 1.165) is 0 Å². The maximum Gasteiger partial charge on any atom is 0.231 e. The summed E-state index contributed by atoms with van der Waals surface area (Å²) < 4.78 is 10.5. The molecule has 2 rings (SSSR count). The molecule has 1 aliphatic heterocycles. The van der Waals surface area contributed by atoms with E-state index >= 15 is 0 Å². The Hall–Kier alpha value is -1.75. The van der Waals surface area contributed by atoms with E-state index in [1.54, 1.807) is 18.2 Å². The fourth-order valence-corrected chi connectivity index (χ4v) is 1.89. The third kappa shape index (κ3) is 2.56. The maximum atomic E-state index is 12.0. The van der Waals surface area contributed by atoms with Gasteiger partial charge in [-0.05, 0) is 18.1 Å². The fraction of sp³-hybridized carbons (Fsp3) is 0.462. The van der Waals surface area contributed by atoms with Crippen LogP contribution in [-0.2, 0) is 4.79 Å². The maximum absolute atomic E-state index is 12.0. The Kier molecular flexibility index (Phi) is 3.72. The summed E-state index contributed by atoms with van der Waals surface area (Å²) in [7, 11) is 0. The Morgan fingerprint density at radius 2 is 2.11 bits per heavy atom. The van der Waals surface area contributed by atoms with Crippen LogP contribution in [0.25, 0.3) is 0 Å². The number of fused-ring (bicyclic) bond motifs is 1. The highest BCUT2D eigenvalue weighted by molar-refractivity contribution is 5.93. The second-order valence-corrected chi connectivity index (χ2v) is 4.64. The van der Waals surface area contributed by atoms with Crippen molar-refractivity contribution < 1.29 is 14.3 Å². The minimum Gasteiger partial charge on any atom is -0.454 e. The molecule has 0 saturated carbocycles. The van der Waals surface area contributed by atoms with Crippen LogP contribution in [0, 0.1) is 11.8 Å². The summed E-state index contributed by atoms with van der Waals surface area (Å²) in [6, 6.07) is 5.33. The van der Waals surface area contributed by atoms with Crippen LogP contribution < -0.4 is 20.5 Å². The van der Waals surface area contributed by atoms with Gasteiger partial charge < -0.3 is 20.5 Å². The standard InChI is InChI=1S/C13H18N2O3/c1-8(2)10(6-14)13(16)15-9-3-4-11-12(5-9)18-7-17-11/h3-5,8,10H,6-7,14H2,1-2H3,(H,15,16). The number of hydrogen-bond acceptors (Lipinski definition) is 4. The molecule has 0 saturated heterocycles. The van der Waals surface area contributed by atoms with Crippen LogP contribution >= 0.6 is 0 Å². The monoisotopic (exact) mass is 250 g/mol. The molecule has 1 amide bonds. The smallest absolute Gasteiger partial charge is 0.231 e. The van der Waals surface area contributed by atoms with E-state index in [4.69, 9.17) is 15.2 Å². The Labute approximate surface area is 106 Å². The van der Waals surface area contributed by atoms with Crippen molar-refractivity contribution in [2.45, 2.75) is 13.8 Å². The molecule has 1 heterocycles. The quantitative estimate of drug-likeness (QED) is 0.851. The first-order valence-corrected chi connectivity index (χ1v) is 6.02. The van der Waals surface area contributed by atoms with E-state index < -0.39 is 0 Å². The van der Waals surface area contributed by atoms with Crippen molar-refractivity contribution in [3.05, 3.63) is 18.2 Å². The fourth-order valence-electron chi connectivity index (χ4n) is 1.89. The molecule has 0 fully saturated rings. The molecule has 3 N–H and O–H groups in total. The summed E-state index contributed by atoms with van der Waals surface area (Å²) in [5.74, 6) is 1.32. The molecule has 5 heteroatoms. The van der Waals surface area contributed by atoms with Crippen molar-refractivity contribution in [1.29, 1.82) is 0 Å². The highest BCUT2D eigenvalue weighted by atomic mass is 16.7. The molecule has 0 radical (unpaired) electrons. The number of carbonyl (C=O) groups excluding carboxylic acids is 1. The van der Waals surface area contributed by atoms with Crippen molar-refractivity contribution in [2.75, 3.05) is 18.7 Å². The average molecular weight is 250 g/mol. The summed E-state index contributed by atoms with van der Waals surface area (Å²) in [6.45, 7) is 4.53. The minimum absolute atomic E-state index is 0.0636. The number of rotatable bonds is 4. The zero-order chi connectivity index (χ0) is 13.1. The zero-order valence-electron chi connectivity index (χ0n) is 10.6. The lowest BCUT2D eigenvalue weighted by molar-refractivity contribution is -0.120. The van der Waals surface area contributed by atoms with Crippen molar-refractivity contribution in [1.82, 2.24) is 0 Å². The van der Waals surface area contributed by atoms with Crippen LogP contribution in [0.3, 0.4) is 0 Å². The van der Waals surface area contributed by atoms with E-state index in [1.165, 1.54) is 0 Å². The molecule has 1 aromatic rings. The SMILES string of the molecule is CC(C)C(CN)C(=O)Nc1ccc2c(c1)OCO2. The van der Waals surface area contributed by atoms with Crippen LogP contribution in [-0.4, -0.2) is 19.2 Å². The lowest BCUT2D eigenvalue weighted by Gasteiger charge is -2.18. The summed E-state index contributed by atoms with van der Waals surface area (Å²) in [4.78, 5) is 12.0. The van der Waals surface area contributed by atoms with Crippen LogP contribution in [0.1, 0.15) is 13.8 Å². The van der Waals surface area contributed by atoms with Crippen molar-refractivity contribution >= 4 is 11.6 Å². The largest absolute Gasteiger partial charge is 0.454 e. The molecule has 0 bridgehead atoms.